The molecule has 0 bridgehead atoms. The zero-order valence-electron chi connectivity index (χ0n) is 14.6. The molecular formula is C17H19N2O7SZn+. The van der Waals surface area contributed by atoms with E-state index in [0.29, 0.717) is 0 Å². The molecule has 0 aromatic carbocycles. The van der Waals surface area contributed by atoms with Gasteiger partial charge in [-0.3, -0.25) is 9.97 Å². The Hall–Kier alpha value is -2.56. The van der Waals surface area contributed by atoms with Gasteiger partial charge in [-0.05, 0) is 46.7 Å². The van der Waals surface area contributed by atoms with E-state index >= 15 is 0 Å². The fraction of sp³-hybridized carbons (Fsp3) is 0.0588. The van der Waals surface area contributed by atoms with Gasteiger partial charge in [0.2, 0.25) is 0 Å². The third kappa shape index (κ3) is 8.89. The Morgan fingerprint density at radius 3 is 1.61 bits per heavy atom. The largest absolute Gasteiger partial charge is 2.00 e. The summed E-state index contributed by atoms with van der Waals surface area (Å²) in [6.07, 6.45) is 3.54. The van der Waals surface area contributed by atoms with E-state index in [4.69, 9.17) is 0 Å². The number of thiophene rings is 1. The molecule has 0 aliphatic heterocycles. The van der Waals surface area contributed by atoms with Crippen LogP contribution in [-0.2, 0) is 34.5 Å². The van der Waals surface area contributed by atoms with Crippen molar-refractivity contribution in [2.75, 3.05) is 0 Å². The Balaban J connectivity index is -0.000000391. The number of hydrogen-bond donors (Lipinski definition) is 0. The van der Waals surface area contributed by atoms with E-state index in [-0.39, 0.29) is 41.5 Å². The molecule has 146 valence electrons. The molecule has 3 rings (SSSR count). The maximum Gasteiger partial charge on any atom is 2.00 e. The molecule has 0 spiro atoms. The second-order valence-corrected chi connectivity index (χ2v) is 5.34. The van der Waals surface area contributed by atoms with Crippen LogP contribution in [0.25, 0.3) is 11.4 Å². The van der Waals surface area contributed by atoms with Crippen LogP contribution in [0.4, 0.5) is 0 Å². The van der Waals surface area contributed by atoms with Gasteiger partial charge < -0.3 is 36.2 Å². The van der Waals surface area contributed by atoms with Gasteiger partial charge >= 0.3 is 19.5 Å². The van der Waals surface area contributed by atoms with E-state index in [9.17, 15) is 19.8 Å². The second-order valence-electron chi connectivity index (χ2n) is 4.56. The maximum absolute atomic E-state index is 10.3. The van der Waals surface area contributed by atoms with Crippen molar-refractivity contribution in [3.63, 3.8) is 0 Å². The maximum atomic E-state index is 10.3. The van der Waals surface area contributed by atoms with Crippen LogP contribution in [0.15, 0.2) is 65.6 Å². The number of hydrogen-bond acceptors (Lipinski definition) is 7. The van der Waals surface area contributed by atoms with E-state index in [2.05, 4.69) is 9.97 Å². The van der Waals surface area contributed by atoms with Crippen LogP contribution in [0.2, 0.25) is 0 Å². The van der Waals surface area contributed by atoms with Crippen LogP contribution in [0.5, 0.6) is 0 Å². The van der Waals surface area contributed by atoms with Crippen LogP contribution in [-0.4, -0.2) is 32.9 Å². The first kappa shape index (κ1) is 30.2. The van der Waals surface area contributed by atoms with Crippen molar-refractivity contribution in [2.45, 2.75) is 5.92 Å². The van der Waals surface area contributed by atoms with Gasteiger partial charge in [0, 0.05) is 12.4 Å². The van der Waals surface area contributed by atoms with Crippen LogP contribution in [0, 0.1) is 0 Å². The molecule has 0 unspecified atom stereocenters. The van der Waals surface area contributed by atoms with Crippen molar-refractivity contribution in [1.29, 1.82) is 0 Å². The van der Waals surface area contributed by atoms with Gasteiger partial charge in [-0.2, -0.15) is 11.3 Å². The van der Waals surface area contributed by atoms with E-state index in [1.54, 1.807) is 17.8 Å². The first-order valence-corrected chi connectivity index (χ1v) is 7.80. The number of aromatic nitrogens is 2. The first-order chi connectivity index (χ1) is 11.6. The Labute approximate surface area is 177 Å². The van der Waals surface area contributed by atoms with Crippen molar-refractivity contribution < 1.29 is 55.7 Å². The SMILES string of the molecule is O.O.O=C([O-])C(C(=O)[O-])c1ccsc1.[OH3+].[Zn+2].c1ccc(-c2ccccn2)nc1. The summed E-state index contributed by atoms with van der Waals surface area (Å²) < 4.78 is 0. The quantitative estimate of drug-likeness (QED) is 0.242. The minimum absolute atomic E-state index is 0. The smallest absolute Gasteiger partial charge is 0.549 e. The van der Waals surface area contributed by atoms with Crippen molar-refractivity contribution in [3.05, 3.63) is 71.2 Å². The van der Waals surface area contributed by atoms with Crippen molar-refractivity contribution in [3.8, 4) is 11.4 Å². The number of carboxylic acid groups (broad SMARTS) is 2. The summed E-state index contributed by atoms with van der Waals surface area (Å²) in [5.74, 6) is -4.95. The van der Waals surface area contributed by atoms with Crippen molar-refractivity contribution >= 4 is 23.3 Å². The molecule has 3 aromatic heterocycles. The zero-order valence-corrected chi connectivity index (χ0v) is 18.4. The number of carboxylic acids is 2. The predicted octanol–water partition coefficient (Wildman–Crippen LogP) is -2.10. The molecule has 0 saturated carbocycles. The average Bonchev–Trinajstić information content (AvgIpc) is 3.10. The minimum atomic E-state index is -1.66. The molecule has 7 N–H and O–H groups in total. The molecule has 0 aliphatic rings. The molecule has 3 aromatic rings. The molecule has 11 heteroatoms. The van der Waals surface area contributed by atoms with Gasteiger partial charge in [-0.15, -0.1) is 0 Å². The van der Waals surface area contributed by atoms with Gasteiger partial charge in [0.15, 0.2) is 0 Å². The van der Waals surface area contributed by atoms with Gasteiger partial charge in [0.05, 0.1) is 29.2 Å². The number of nitrogens with zero attached hydrogens (tertiary/aromatic N) is 2. The normalized spacial score (nSPS) is 8.46. The van der Waals surface area contributed by atoms with Crippen molar-refractivity contribution in [2.24, 2.45) is 0 Å². The average molecular weight is 461 g/mol. The monoisotopic (exact) mass is 459 g/mol. The number of aliphatic carboxylic acids is 2. The predicted molar refractivity (Wildman–Crippen MR) is 96.6 cm³/mol. The summed E-state index contributed by atoms with van der Waals surface area (Å²) in [6, 6.07) is 13.0. The summed E-state index contributed by atoms with van der Waals surface area (Å²) in [4.78, 5) is 29.0. The Kier molecular flexibility index (Phi) is 16.7. The zero-order chi connectivity index (χ0) is 17.4. The number of rotatable bonds is 4. The molecule has 0 fully saturated rings. The van der Waals surface area contributed by atoms with Crippen LogP contribution < -0.4 is 10.2 Å². The number of pyridine rings is 2. The van der Waals surface area contributed by atoms with Gasteiger partial charge in [0.25, 0.3) is 0 Å². The van der Waals surface area contributed by atoms with Crippen LogP contribution in [0.3, 0.4) is 0 Å². The first-order valence-electron chi connectivity index (χ1n) is 6.86. The minimum Gasteiger partial charge on any atom is -0.549 e. The molecule has 0 amide bonds. The Bertz CT molecular complexity index is 738. The van der Waals surface area contributed by atoms with E-state index in [0.717, 1.165) is 11.4 Å². The van der Waals surface area contributed by atoms with E-state index < -0.39 is 17.9 Å². The summed E-state index contributed by atoms with van der Waals surface area (Å²) >= 11 is 1.22. The number of carbonyl (C=O) groups is 2. The fourth-order valence-corrected chi connectivity index (χ4v) is 2.52. The van der Waals surface area contributed by atoms with E-state index in [1.807, 2.05) is 36.4 Å². The second kappa shape index (κ2) is 15.5. The molecule has 0 atom stereocenters. The topological polar surface area (TPSA) is 202 Å². The van der Waals surface area contributed by atoms with Crippen LogP contribution >= 0.6 is 11.3 Å². The standard InChI is InChI=1S/C10H8N2.C7H6O4S.3H2O.Zn/c1-3-7-11-9(5-1)10-6-2-4-8-12-10;8-6(9)5(7(10)11)4-1-2-12-3-4;;;;/h1-8H;1-3,5H,(H,8,9)(H,10,11);3*1H2;/q;;;;;+2/p-1. The Morgan fingerprint density at radius 2 is 1.32 bits per heavy atom. The molecule has 28 heavy (non-hydrogen) atoms. The summed E-state index contributed by atoms with van der Waals surface area (Å²) in [6.45, 7) is 0. The van der Waals surface area contributed by atoms with Gasteiger partial charge in [-0.25, -0.2) is 0 Å². The summed E-state index contributed by atoms with van der Waals surface area (Å²) in [5, 5.41) is 23.7. The Morgan fingerprint density at radius 1 is 0.857 bits per heavy atom. The summed E-state index contributed by atoms with van der Waals surface area (Å²) in [7, 11) is 0. The molecule has 0 radical (unpaired) electrons. The molecule has 9 nitrogen and oxygen atoms in total. The van der Waals surface area contributed by atoms with Crippen LogP contribution in [0.1, 0.15) is 11.5 Å². The third-order valence-corrected chi connectivity index (χ3v) is 3.64. The van der Waals surface area contributed by atoms with Gasteiger partial charge in [0.1, 0.15) is 0 Å². The molecule has 0 saturated heterocycles. The van der Waals surface area contributed by atoms with E-state index in [1.165, 1.54) is 22.8 Å². The third-order valence-electron chi connectivity index (χ3n) is 2.94. The van der Waals surface area contributed by atoms with Gasteiger partial charge in [-0.1, -0.05) is 12.1 Å². The fourth-order valence-electron chi connectivity index (χ4n) is 1.84. The molecule has 3 heterocycles. The molecular weight excluding hydrogens is 442 g/mol. The van der Waals surface area contributed by atoms with Crippen molar-refractivity contribution in [1.82, 2.24) is 9.97 Å². The number of carbonyl (C=O) groups excluding carboxylic acids is 2. The summed E-state index contributed by atoms with van der Waals surface area (Å²) in [5.41, 5.74) is 2.02. The molecule has 0 aliphatic carbocycles.